The van der Waals surface area contributed by atoms with Crippen LogP contribution in [0.5, 0.6) is 11.5 Å². The van der Waals surface area contributed by atoms with E-state index in [2.05, 4.69) is 20.2 Å². The molecule has 8 heteroatoms. The quantitative estimate of drug-likeness (QED) is 0.378. The Morgan fingerprint density at radius 2 is 1.76 bits per heavy atom. The van der Waals surface area contributed by atoms with Gasteiger partial charge in [-0.3, -0.25) is 4.79 Å². The molecule has 0 aliphatic rings. The van der Waals surface area contributed by atoms with Crippen LogP contribution in [0.1, 0.15) is 5.56 Å². The normalized spacial score (nSPS) is 11.0. The second-order valence-electron chi connectivity index (χ2n) is 8.10. The standard InChI is InChI=1S/C26H28N4O4/c1-30(2)11-9-17-8-10-27-25(31)24(17)19-7-5-6-18(12-19)23-16-28-26(34-23)29-20-13-21(32-3)15-22(14-20)33-4/h5-8,10,12-16H,9,11H2,1-4H3,(H,27,31)(H,28,29). The van der Waals surface area contributed by atoms with E-state index in [1.54, 1.807) is 32.7 Å². The van der Waals surface area contributed by atoms with Crippen molar-refractivity contribution in [2.75, 3.05) is 40.2 Å². The fourth-order valence-corrected chi connectivity index (χ4v) is 3.68. The number of aromatic nitrogens is 2. The van der Waals surface area contributed by atoms with E-state index in [9.17, 15) is 4.79 Å². The van der Waals surface area contributed by atoms with Crippen molar-refractivity contribution in [1.82, 2.24) is 14.9 Å². The third kappa shape index (κ3) is 5.29. The zero-order valence-electron chi connectivity index (χ0n) is 19.7. The highest BCUT2D eigenvalue weighted by Crippen LogP contribution is 2.31. The monoisotopic (exact) mass is 460 g/mol. The molecule has 0 radical (unpaired) electrons. The Balaban J connectivity index is 1.62. The summed E-state index contributed by atoms with van der Waals surface area (Å²) in [4.78, 5) is 22.0. The van der Waals surface area contributed by atoms with E-state index in [-0.39, 0.29) is 5.56 Å². The lowest BCUT2D eigenvalue weighted by atomic mass is 9.97. The van der Waals surface area contributed by atoms with Gasteiger partial charge >= 0.3 is 0 Å². The fourth-order valence-electron chi connectivity index (χ4n) is 3.68. The second-order valence-corrected chi connectivity index (χ2v) is 8.10. The number of hydrogen-bond donors (Lipinski definition) is 2. The molecule has 4 aromatic rings. The van der Waals surface area contributed by atoms with E-state index in [1.165, 1.54) is 0 Å². The Kier molecular flexibility index (Phi) is 6.98. The molecule has 34 heavy (non-hydrogen) atoms. The number of likely N-dealkylation sites (N-methyl/N-ethyl adjacent to an activating group) is 1. The molecule has 2 aromatic heterocycles. The molecule has 0 aliphatic carbocycles. The van der Waals surface area contributed by atoms with Crippen LogP contribution in [0, 0.1) is 0 Å². The van der Waals surface area contributed by atoms with E-state index in [0.29, 0.717) is 28.8 Å². The number of hydrogen-bond acceptors (Lipinski definition) is 7. The number of anilines is 2. The fraction of sp³-hybridized carbons (Fsp3) is 0.231. The van der Waals surface area contributed by atoms with Crippen molar-refractivity contribution >= 4 is 11.7 Å². The van der Waals surface area contributed by atoms with Crippen LogP contribution in [0.2, 0.25) is 0 Å². The summed E-state index contributed by atoms with van der Waals surface area (Å²) in [6.07, 6.45) is 4.13. The molecule has 0 atom stereocenters. The number of benzene rings is 2. The molecule has 4 rings (SSSR count). The molecule has 0 fully saturated rings. The number of nitrogens with zero attached hydrogens (tertiary/aromatic N) is 2. The van der Waals surface area contributed by atoms with E-state index < -0.39 is 0 Å². The van der Waals surface area contributed by atoms with Crippen molar-refractivity contribution in [2.24, 2.45) is 0 Å². The number of pyridine rings is 1. The Bertz CT molecular complexity index is 1300. The van der Waals surface area contributed by atoms with Crippen LogP contribution in [-0.4, -0.2) is 49.7 Å². The lowest BCUT2D eigenvalue weighted by Crippen LogP contribution is -2.18. The molecule has 0 saturated carbocycles. The first-order chi connectivity index (χ1) is 16.5. The number of nitrogens with one attached hydrogen (secondary N) is 2. The van der Waals surface area contributed by atoms with Crippen LogP contribution < -0.4 is 20.3 Å². The Labute approximate surface area is 198 Å². The predicted octanol–water partition coefficient (Wildman–Crippen LogP) is 4.56. The third-order valence-corrected chi connectivity index (χ3v) is 5.42. The predicted molar refractivity (Wildman–Crippen MR) is 133 cm³/mol. The molecule has 2 N–H and O–H groups in total. The largest absolute Gasteiger partial charge is 0.497 e. The highest BCUT2D eigenvalue weighted by atomic mass is 16.5. The van der Waals surface area contributed by atoms with Crippen molar-refractivity contribution in [1.29, 1.82) is 0 Å². The minimum atomic E-state index is -0.111. The van der Waals surface area contributed by atoms with Crippen LogP contribution in [0.25, 0.3) is 22.5 Å². The minimum Gasteiger partial charge on any atom is -0.497 e. The van der Waals surface area contributed by atoms with E-state index >= 15 is 0 Å². The summed E-state index contributed by atoms with van der Waals surface area (Å²) in [6, 6.07) is 15.5. The molecule has 0 spiro atoms. The maximum atomic E-state index is 12.7. The second kappa shape index (κ2) is 10.3. The van der Waals surface area contributed by atoms with Crippen molar-refractivity contribution in [2.45, 2.75) is 6.42 Å². The number of oxazole rings is 1. The van der Waals surface area contributed by atoms with Gasteiger partial charge in [-0.05, 0) is 43.8 Å². The summed E-state index contributed by atoms with van der Waals surface area (Å²) in [7, 11) is 7.23. The van der Waals surface area contributed by atoms with Gasteiger partial charge in [-0.1, -0.05) is 18.2 Å². The summed E-state index contributed by atoms with van der Waals surface area (Å²) < 4.78 is 16.6. The number of aromatic amines is 1. The Hall–Kier alpha value is -4.04. The minimum absolute atomic E-state index is 0.111. The average Bonchev–Trinajstić information content (AvgIpc) is 3.31. The van der Waals surface area contributed by atoms with Gasteiger partial charge < -0.3 is 29.1 Å². The highest BCUT2D eigenvalue weighted by molar-refractivity contribution is 5.72. The van der Waals surface area contributed by atoms with Crippen LogP contribution in [0.15, 0.2) is 70.1 Å². The van der Waals surface area contributed by atoms with Gasteiger partial charge in [-0.2, -0.15) is 0 Å². The molecular formula is C26H28N4O4. The molecule has 0 bridgehead atoms. The number of ether oxygens (including phenoxy) is 2. The SMILES string of the molecule is COc1cc(Nc2ncc(-c3cccc(-c4c(CCN(C)C)cc[nH]c4=O)c3)o2)cc(OC)c1. The van der Waals surface area contributed by atoms with Crippen LogP contribution in [-0.2, 0) is 6.42 Å². The van der Waals surface area contributed by atoms with Crippen molar-refractivity contribution in [3.05, 3.63) is 76.8 Å². The number of rotatable bonds is 9. The lowest BCUT2D eigenvalue weighted by Gasteiger charge is -2.13. The van der Waals surface area contributed by atoms with E-state index in [4.69, 9.17) is 13.9 Å². The summed E-state index contributed by atoms with van der Waals surface area (Å²) in [5.41, 5.74) is 3.94. The van der Waals surface area contributed by atoms with Gasteiger partial charge in [0.15, 0.2) is 5.76 Å². The molecule has 0 aliphatic heterocycles. The molecule has 2 heterocycles. The summed E-state index contributed by atoms with van der Waals surface area (Å²) >= 11 is 0. The summed E-state index contributed by atoms with van der Waals surface area (Å²) in [6.45, 7) is 0.850. The van der Waals surface area contributed by atoms with Gasteiger partial charge in [0.25, 0.3) is 11.6 Å². The van der Waals surface area contributed by atoms with E-state index in [0.717, 1.165) is 35.3 Å². The Morgan fingerprint density at radius 1 is 1.03 bits per heavy atom. The topological polar surface area (TPSA) is 92.6 Å². The Morgan fingerprint density at radius 3 is 2.47 bits per heavy atom. The molecule has 8 nitrogen and oxygen atoms in total. The van der Waals surface area contributed by atoms with E-state index in [1.807, 2.05) is 56.6 Å². The zero-order chi connectivity index (χ0) is 24.1. The first kappa shape index (κ1) is 23.1. The summed E-state index contributed by atoms with van der Waals surface area (Å²) in [5, 5.41) is 3.14. The number of H-pyrrole nitrogens is 1. The third-order valence-electron chi connectivity index (χ3n) is 5.42. The molecule has 2 aromatic carbocycles. The van der Waals surface area contributed by atoms with Gasteiger partial charge in [0, 0.05) is 42.2 Å². The molecule has 0 saturated heterocycles. The first-order valence-electron chi connectivity index (χ1n) is 10.9. The molecule has 0 amide bonds. The van der Waals surface area contributed by atoms with Gasteiger partial charge in [0.2, 0.25) is 0 Å². The highest BCUT2D eigenvalue weighted by Gasteiger charge is 2.13. The maximum Gasteiger partial charge on any atom is 0.299 e. The van der Waals surface area contributed by atoms with Gasteiger partial charge in [0.05, 0.1) is 26.0 Å². The lowest BCUT2D eigenvalue weighted by molar-refractivity contribution is 0.394. The van der Waals surface area contributed by atoms with Gasteiger partial charge in [0.1, 0.15) is 11.5 Å². The molecule has 0 unspecified atom stereocenters. The molecule has 176 valence electrons. The van der Waals surface area contributed by atoms with Crippen molar-refractivity contribution in [3.8, 4) is 33.9 Å². The summed E-state index contributed by atoms with van der Waals surface area (Å²) in [5.74, 6) is 1.89. The van der Waals surface area contributed by atoms with Crippen molar-refractivity contribution in [3.63, 3.8) is 0 Å². The van der Waals surface area contributed by atoms with Crippen LogP contribution >= 0.6 is 0 Å². The average molecular weight is 461 g/mol. The zero-order valence-corrected chi connectivity index (χ0v) is 19.7. The molecular weight excluding hydrogens is 432 g/mol. The number of methoxy groups -OCH3 is 2. The smallest absolute Gasteiger partial charge is 0.299 e. The van der Waals surface area contributed by atoms with Crippen molar-refractivity contribution < 1.29 is 13.9 Å². The van der Waals surface area contributed by atoms with Crippen LogP contribution in [0.4, 0.5) is 11.7 Å². The van der Waals surface area contributed by atoms with Crippen LogP contribution in [0.3, 0.4) is 0 Å². The van der Waals surface area contributed by atoms with Gasteiger partial charge in [-0.25, -0.2) is 4.98 Å². The first-order valence-corrected chi connectivity index (χ1v) is 10.9. The maximum absolute atomic E-state index is 12.7. The van der Waals surface area contributed by atoms with Gasteiger partial charge in [-0.15, -0.1) is 0 Å².